The number of nitrogens with one attached hydrogen (secondary N) is 2. The Kier molecular flexibility index (Phi) is 18.1. The molecule has 62 heavy (non-hydrogen) atoms. The van der Waals surface area contributed by atoms with Gasteiger partial charge in [-0.3, -0.25) is 9.59 Å². The van der Waals surface area contributed by atoms with E-state index in [1.54, 1.807) is 0 Å². The van der Waals surface area contributed by atoms with E-state index in [1.165, 1.54) is 0 Å². The molecule has 0 unspecified atom stereocenters. The lowest BCUT2D eigenvalue weighted by molar-refractivity contribution is -0.389. The first kappa shape index (κ1) is 51.0. The summed E-state index contributed by atoms with van der Waals surface area (Å²) in [6.07, 6.45) is -42.8. The van der Waals surface area contributed by atoms with Crippen LogP contribution in [-0.4, -0.2) is 275 Å². The van der Waals surface area contributed by atoms with E-state index in [0.29, 0.717) is 0 Å². The van der Waals surface area contributed by atoms with Crippen molar-refractivity contribution in [3.05, 3.63) is 0 Å². The fourth-order valence-electron chi connectivity index (χ4n) is 7.73. The molecule has 0 aromatic rings. The Morgan fingerprint density at radius 2 is 0.806 bits per heavy atom. The predicted octanol–water partition coefficient (Wildman–Crippen LogP) is -11.6. The second kappa shape index (κ2) is 22.0. The number of carbonyl (C=O) groups is 2. The minimum atomic E-state index is -2.20. The van der Waals surface area contributed by atoms with Gasteiger partial charge in [0.25, 0.3) is 0 Å². The van der Waals surface area contributed by atoms with Crippen LogP contribution in [0.2, 0.25) is 0 Å². The predicted molar refractivity (Wildman–Crippen MR) is 190 cm³/mol. The van der Waals surface area contributed by atoms with Crippen molar-refractivity contribution >= 4 is 11.8 Å². The van der Waals surface area contributed by atoms with E-state index >= 15 is 0 Å². The van der Waals surface area contributed by atoms with Gasteiger partial charge in [0.15, 0.2) is 31.5 Å². The quantitative estimate of drug-likeness (QED) is 0.0725. The summed E-state index contributed by atoms with van der Waals surface area (Å²) in [5.74, 6) is -1.45. The minimum Gasteiger partial charge on any atom is -0.394 e. The van der Waals surface area contributed by atoms with Crippen LogP contribution in [0, 0.1) is 0 Å². The fraction of sp³-hybridized carbons (Fsp3) is 0.941. The molecule has 5 heterocycles. The molecule has 5 rings (SSSR count). The van der Waals surface area contributed by atoms with E-state index in [0.717, 1.165) is 13.8 Å². The number of aliphatic hydroxyl groups is 15. The Balaban J connectivity index is 1.43. The molecule has 5 aliphatic rings. The summed E-state index contributed by atoms with van der Waals surface area (Å²) < 4.78 is 50.8. The second-order valence-electron chi connectivity index (χ2n) is 15.5. The van der Waals surface area contributed by atoms with E-state index < -0.39 is 198 Å². The molecular weight excluding hydrogens is 852 g/mol. The smallest absolute Gasteiger partial charge is 0.217 e. The van der Waals surface area contributed by atoms with Gasteiger partial charge in [0.1, 0.15) is 122 Å². The molecule has 360 valence electrons. The molecule has 28 heteroatoms. The summed E-state index contributed by atoms with van der Waals surface area (Å²) in [4.78, 5) is 24.0. The highest BCUT2D eigenvalue weighted by atomic mass is 16.8. The third-order valence-electron chi connectivity index (χ3n) is 11.1. The van der Waals surface area contributed by atoms with Crippen molar-refractivity contribution in [2.45, 2.75) is 167 Å². The zero-order valence-electron chi connectivity index (χ0n) is 33.2. The van der Waals surface area contributed by atoms with Gasteiger partial charge in [-0.05, 0) is 0 Å². The maximum atomic E-state index is 12.0. The average molecular weight is 911 g/mol. The largest absolute Gasteiger partial charge is 0.394 e. The van der Waals surface area contributed by atoms with Crippen molar-refractivity contribution in [2.24, 2.45) is 0 Å². The van der Waals surface area contributed by atoms with Crippen molar-refractivity contribution in [1.29, 1.82) is 0 Å². The van der Waals surface area contributed by atoms with E-state index in [2.05, 4.69) is 10.6 Å². The zero-order chi connectivity index (χ0) is 45.9. The van der Waals surface area contributed by atoms with Gasteiger partial charge < -0.3 is 130 Å². The molecule has 5 saturated heterocycles. The maximum absolute atomic E-state index is 12.0. The number of aliphatic hydroxyl groups excluding tert-OH is 15. The van der Waals surface area contributed by atoms with Crippen LogP contribution in [0.3, 0.4) is 0 Å². The number of hydrogen-bond acceptors (Lipinski definition) is 26. The minimum absolute atomic E-state index is 0.707. The Bertz CT molecular complexity index is 1440. The molecule has 0 spiro atoms. The van der Waals surface area contributed by atoms with Gasteiger partial charge in [-0.2, -0.15) is 0 Å². The van der Waals surface area contributed by atoms with E-state index in [4.69, 9.17) is 42.6 Å². The van der Waals surface area contributed by atoms with Gasteiger partial charge in [-0.1, -0.05) is 0 Å². The molecule has 0 radical (unpaired) electrons. The second-order valence-corrected chi connectivity index (χ2v) is 15.5. The molecule has 0 aromatic heterocycles. The standard InChI is InChI=1S/C34H58N2O26/c1-8(41)35-15-21(47)17(43)10(3-37)56-31(15)54-7-14-20(46)29(26(52)34(59-14)60-27-13(6-40)55-30(53)24(50)23(27)49)62-33-25(51)28(19(45)12(5-39)58-33)61-32-16(36-9(2)42)22(48)18(44)11(4-38)57-32/h10-34,37-40,43-53H,3-7H2,1-2H3,(H,35,41)(H,36,42)/t10-,11-,12-,13-,14-,15-,16-,17-,18+,19+,20+,21-,22-,23-,24-,25-,26-,27-,28+,29+,30-,31-,32+,33-,34+/m1/s1. The van der Waals surface area contributed by atoms with Gasteiger partial charge in [0, 0.05) is 13.8 Å². The Morgan fingerprint density at radius 1 is 0.419 bits per heavy atom. The molecule has 0 bridgehead atoms. The van der Waals surface area contributed by atoms with Crippen LogP contribution in [0.4, 0.5) is 0 Å². The molecule has 2 amide bonds. The van der Waals surface area contributed by atoms with Crippen LogP contribution >= 0.6 is 0 Å². The van der Waals surface area contributed by atoms with Gasteiger partial charge in [-0.25, -0.2) is 0 Å². The number of rotatable bonds is 15. The van der Waals surface area contributed by atoms with Crippen LogP contribution in [0.1, 0.15) is 13.8 Å². The van der Waals surface area contributed by atoms with Crippen LogP contribution in [0.15, 0.2) is 0 Å². The van der Waals surface area contributed by atoms with Crippen LogP contribution in [0.25, 0.3) is 0 Å². The Hall–Kier alpha value is -2.02. The normalized spacial score (nSPS) is 49.0. The van der Waals surface area contributed by atoms with E-state index in [-0.39, 0.29) is 0 Å². The number of hydrogen-bond donors (Lipinski definition) is 17. The maximum Gasteiger partial charge on any atom is 0.217 e. The average Bonchev–Trinajstić information content (AvgIpc) is 3.23. The molecule has 25 atom stereocenters. The lowest BCUT2D eigenvalue weighted by atomic mass is 9.94. The summed E-state index contributed by atoms with van der Waals surface area (Å²) in [5.41, 5.74) is 0. The topological polar surface area (TPSA) is 445 Å². The first-order valence-corrected chi connectivity index (χ1v) is 19.6. The summed E-state index contributed by atoms with van der Waals surface area (Å²) >= 11 is 0. The van der Waals surface area contributed by atoms with Crippen molar-refractivity contribution in [2.75, 3.05) is 33.0 Å². The molecule has 5 fully saturated rings. The molecule has 17 N–H and O–H groups in total. The number of ether oxygens (including phenoxy) is 9. The third-order valence-corrected chi connectivity index (χ3v) is 11.1. The van der Waals surface area contributed by atoms with Crippen molar-refractivity contribution in [3.63, 3.8) is 0 Å². The lowest BCUT2D eigenvalue weighted by Crippen LogP contribution is -2.69. The molecule has 0 saturated carbocycles. The van der Waals surface area contributed by atoms with E-state index in [9.17, 15) is 86.2 Å². The molecule has 28 nitrogen and oxygen atoms in total. The highest BCUT2D eigenvalue weighted by Crippen LogP contribution is 2.35. The van der Waals surface area contributed by atoms with Gasteiger partial charge in [0.05, 0.1) is 33.0 Å². The molecular formula is C34H58N2O26. The van der Waals surface area contributed by atoms with Crippen molar-refractivity contribution < 1.29 is 129 Å². The highest BCUT2D eigenvalue weighted by Gasteiger charge is 2.56. The number of amides is 2. The van der Waals surface area contributed by atoms with Crippen molar-refractivity contribution in [3.8, 4) is 0 Å². The van der Waals surface area contributed by atoms with Crippen molar-refractivity contribution in [1.82, 2.24) is 10.6 Å². The van der Waals surface area contributed by atoms with E-state index in [1.807, 2.05) is 0 Å². The summed E-state index contributed by atoms with van der Waals surface area (Å²) in [6, 6.07) is -3.06. The van der Waals surface area contributed by atoms with Gasteiger partial charge >= 0.3 is 0 Å². The molecule has 0 aliphatic carbocycles. The summed E-state index contributed by atoms with van der Waals surface area (Å²) in [6.45, 7) is -2.30. The first-order valence-electron chi connectivity index (χ1n) is 19.6. The van der Waals surface area contributed by atoms with Gasteiger partial charge in [-0.15, -0.1) is 0 Å². The van der Waals surface area contributed by atoms with Crippen LogP contribution < -0.4 is 10.6 Å². The third kappa shape index (κ3) is 11.0. The molecule has 5 aliphatic heterocycles. The van der Waals surface area contributed by atoms with Gasteiger partial charge in [0.2, 0.25) is 11.8 Å². The highest BCUT2D eigenvalue weighted by molar-refractivity contribution is 5.73. The summed E-state index contributed by atoms with van der Waals surface area (Å²) in [5, 5.41) is 164. The molecule has 0 aromatic carbocycles. The lowest BCUT2D eigenvalue weighted by Gasteiger charge is -2.49. The monoisotopic (exact) mass is 910 g/mol. The first-order chi connectivity index (χ1) is 29.3. The summed E-state index contributed by atoms with van der Waals surface area (Å²) in [7, 11) is 0. The van der Waals surface area contributed by atoms with Crippen LogP contribution in [-0.2, 0) is 52.2 Å². The Morgan fingerprint density at radius 3 is 1.29 bits per heavy atom. The van der Waals surface area contributed by atoms with Crippen LogP contribution in [0.5, 0.6) is 0 Å². The number of carbonyl (C=O) groups excluding carboxylic acids is 2. The SMILES string of the molecule is CC(=O)N[C@H]1[C@H](O[C@H]2[C@@H](O)[C@@H](CO)O[C@H](O[C@H]3[C@@H](O)[C@@H](CO[C@@H]4O[C@H](CO)[C@@H](O)[C@H](O)[C@H]4NC(C)=O)O[C@@H](O[C@H]4[C@H](O)[C@@H](O)[C@H](O)O[C@@H]4CO)[C@@H]3O)[C@@H]2O)O[C@H](CO)[C@H](O)[C@@H]1O. The fourth-order valence-corrected chi connectivity index (χ4v) is 7.73. The Labute approximate surface area is 351 Å². The zero-order valence-corrected chi connectivity index (χ0v) is 33.2.